The molecule has 1 aliphatic rings. The van der Waals surface area contributed by atoms with E-state index >= 15 is 0 Å². The van der Waals surface area contributed by atoms with Crippen molar-refractivity contribution in [3.8, 4) is 0 Å². The number of para-hydroxylation sites is 1. The number of anilines is 4. The summed E-state index contributed by atoms with van der Waals surface area (Å²) in [5, 5.41) is 0. The van der Waals surface area contributed by atoms with Gasteiger partial charge in [-0.15, -0.1) is 0 Å². The maximum absolute atomic E-state index is 12.7. The van der Waals surface area contributed by atoms with Crippen LogP contribution < -0.4 is 14.9 Å². The molecule has 0 fully saturated rings. The number of hydrogen-bond donors (Lipinski definition) is 1. The van der Waals surface area contributed by atoms with E-state index in [1.165, 1.54) is 17.5 Å². The van der Waals surface area contributed by atoms with Gasteiger partial charge in [0.05, 0.1) is 23.3 Å². The summed E-state index contributed by atoms with van der Waals surface area (Å²) in [5.74, 6) is 0.348. The first-order valence-electron chi connectivity index (χ1n) is 6.00. The zero-order chi connectivity index (χ0) is 14.5. The fraction of sp³-hybridized carbons (Fsp3) is 0.154. The van der Waals surface area contributed by atoms with Crippen molar-refractivity contribution in [2.75, 3.05) is 29.0 Å². The van der Waals surface area contributed by atoms with Crippen LogP contribution in [0, 0.1) is 0 Å². The number of rotatable bonds is 0. The van der Waals surface area contributed by atoms with E-state index in [0.717, 1.165) is 0 Å². The number of fused-ring (bicyclic) bond motifs is 2. The topological polar surface area (TPSA) is 79.5 Å². The monoisotopic (exact) mass is 290 g/mol. The van der Waals surface area contributed by atoms with E-state index in [1.807, 2.05) is 11.9 Å². The summed E-state index contributed by atoms with van der Waals surface area (Å²) in [7, 11) is -0.278. The molecule has 2 heterocycles. The van der Waals surface area contributed by atoms with E-state index in [4.69, 9.17) is 5.73 Å². The van der Waals surface area contributed by atoms with E-state index in [1.54, 1.807) is 30.3 Å². The van der Waals surface area contributed by atoms with Crippen LogP contribution in [0.2, 0.25) is 0 Å². The molecule has 3 rings (SSSR count). The van der Waals surface area contributed by atoms with Crippen molar-refractivity contribution in [3.05, 3.63) is 36.5 Å². The summed E-state index contributed by atoms with van der Waals surface area (Å²) in [6.45, 7) is 0. The predicted octanol–water partition coefficient (Wildman–Crippen LogP) is 1.57. The van der Waals surface area contributed by atoms with Gasteiger partial charge >= 0.3 is 0 Å². The van der Waals surface area contributed by atoms with E-state index in [-0.39, 0.29) is 4.90 Å². The molecule has 0 amide bonds. The van der Waals surface area contributed by atoms with Crippen LogP contribution in [0.3, 0.4) is 0 Å². The highest BCUT2D eigenvalue weighted by atomic mass is 32.2. The molecule has 20 heavy (non-hydrogen) atoms. The standard InChI is InChI=1S/C13H14N4O2S/c1-16-9-5-3-4-6-12(9)20(18,19)17(2)11-8-15-13(14)7-10(11)16/h3-8H,1-2H3,(H2,14,15). The third-order valence-electron chi connectivity index (χ3n) is 3.45. The smallest absolute Gasteiger partial charge is 0.266 e. The van der Waals surface area contributed by atoms with Gasteiger partial charge < -0.3 is 10.6 Å². The first-order chi connectivity index (χ1) is 9.43. The summed E-state index contributed by atoms with van der Waals surface area (Å²) in [6, 6.07) is 8.55. The minimum Gasteiger partial charge on any atom is -0.384 e. The zero-order valence-electron chi connectivity index (χ0n) is 11.1. The quantitative estimate of drug-likeness (QED) is 0.796. The lowest BCUT2D eigenvalue weighted by Crippen LogP contribution is -2.25. The molecule has 7 heteroatoms. The van der Waals surface area contributed by atoms with E-state index in [0.29, 0.717) is 22.9 Å². The van der Waals surface area contributed by atoms with Gasteiger partial charge in [-0.25, -0.2) is 13.4 Å². The van der Waals surface area contributed by atoms with Gasteiger partial charge in [0.2, 0.25) is 0 Å². The van der Waals surface area contributed by atoms with Gasteiger partial charge in [0, 0.05) is 20.2 Å². The number of aromatic nitrogens is 1. The Bertz CT molecular complexity index is 789. The summed E-state index contributed by atoms with van der Waals surface area (Å²) >= 11 is 0. The molecule has 104 valence electrons. The Kier molecular flexibility index (Phi) is 2.62. The highest BCUT2D eigenvalue weighted by molar-refractivity contribution is 7.93. The van der Waals surface area contributed by atoms with E-state index in [9.17, 15) is 8.42 Å². The van der Waals surface area contributed by atoms with E-state index < -0.39 is 10.0 Å². The molecule has 0 saturated heterocycles. The number of hydrogen-bond acceptors (Lipinski definition) is 5. The molecule has 2 N–H and O–H groups in total. The largest absolute Gasteiger partial charge is 0.384 e. The minimum absolute atomic E-state index is 0.264. The van der Waals surface area contributed by atoms with Crippen LogP contribution >= 0.6 is 0 Å². The van der Waals surface area contributed by atoms with E-state index in [2.05, 4.69) is 4.98 Å². The SMILES string of the molecule is CN1c2cc(N)ncc2N(C)S(=O)(=O)c2ccccc21. The second-order valence-electron chi connectivity index (χ2n) is 4.60. The third-order valence-corrected chi connectivity index (χ3v) is 5.27. The fourth-order valence-electron chi connectivity index (χ4n) is 2.32. The molecule has 0 radical (unpaired) electrons. The highest BCUT2D eigenvalue weighted by Gasteiger charge is 2.32. The average Bonchev–Trinajstić information content (AvgIpc) is 2.50. The lowest BCUT2D eigenvalue weighted by Gasteiger charge is -2.21. The molecule has 1 aromatic carbocycles. The second-order valence-corrected chi connectivity index (χ2v) is 6.53. The minimum atomic E-state index is -3.61. The van der Waals surface area contributed by atoms with Crippen LogP contribution in [0.25, 0.3) is 0 Å². The molecule has 0 bridgehead atoms. The highest BCUT2D eigenvalue weighted by Crippen LogP contribution is 2.42. The molecule has 1 aromatic heterocycles. The van der Waals surface area contributed by atoms with Gasteiger partial charge in [-0.3, -0.25) is 4.31 Å². The Hall–Kier alpha value is -2.28. The number of pyridine rings is 1. The summed E-state index contributed by atoms with van der Waals surface area (Å²) < 4.78 is 26.5. The van der Waals surface area contributed by atoms with Gasteiger partial charge in [0.1, 0.15) is 10.7 Å². The van der Waals surface area contributed by atoms with Crippen molar-refractivity contribution in [2.24, 2.45) is 0 Å². The summed E-state index contributed by atoms with van der Waals surface area (Å²) in [6.07, 6.45) is 1.48. The molecular weight excluding hydrogens is 276 g/mol. The fourth-order valence-corrected chi connectivity index (χ4v) is 3.74. The number of benzene rings is 1. The number of nitrogens with zero attached hydrogens (tertiary/aromatic N) is 3. The normalized spacial score (nSPS) is 16.3. The first-order valence-corrected chi connectivity index (χ1v) is 7.44. The Morgan fingerprint density at radius 1 is 1.10 bits per heavy atom. The van der Waals surface area contributed by atoms with Gasteiger partial charge in [-0.05, 0) is 12.1 Å². The second kappa shape index (κ2) is 4.11. The van der Waals surface area contributed by atoms with Crippen LogP contribution in [0.5, 0.6) is 0 Å². The maximum atomic E-state index is 12.7. The predicted molar refractivity (Wildman–Crippen MR) is 78.7 cm³/mol. The lowest BCUT2D eigenvalue weighted by atomic mass is 10.2. The summed E-state index contributed by atoms with van der Waals surface area (Å²) in [5.41, 5.74) is 7.54. The Labute approximate surface area is 117 Å². The van der Waals surface area contributed by atoms with Gasteiger partial charge in [0.25, 0.3) is 10.0 Å². The third kappa shape index (κ3) is 1.63. The van der Waals surface area contributed by atoms with Crippen LogP contribution in [0.4, 0.5) is 22.9 Å². The van der Waals surface area contributed by atoms with Crippen LogP contribution in [0.15, 0.2) is 41.4 Å². The Morgan fingerprint density at radius 3 is 2.55 bits per heavy atom. The van der Waals surface area contributed by atoms with Gasteiger partial charge in [-0.2, -0.15) is 0 Å². The van der Waals surface area contributed by atoms with Crippen LogP contribution in [-0.4, -0.2) is 27.5 Å². The van der Waals surface area contributed by atoms with Crippen molar-refractivity contribution < 1.29 is 8.42 Å². The lowest BCUT2D eigenvalue weighted by molar-refractivity contribution is 0.595. The molecule has 0 unspecified atom stereocenters. The van der Waals surface area contributed by atoms with Crippen LogP contribution in [0.1, 0.15) is 0 Å². The van der Waals surface area contributed by atoms with Crippen molar-refractivity contribution in [3.63, 3.8) is 0 Å². The van der Waals surface area contributed by atoms with Crippen LogP contribution in [-0.2, 0) is 10.0 Å². The first kappa shape index (κ1) is 12.7. The molecule has 1 aliphatic heterocycles. The average molecular weight is 290 g/mol. The Balaban J connectivity index is 2.41. The molecule has 0 spiro atoms. The molecule has 2 aromatic rings. The van der Waals surface area contributed by atoms with Gasteiger partial charge in [-0.1, -0.05) is 12.1 Å². The van der Waals surface area contributed by atoms with Crippen molar-refractivity contribution in [1.82, 2.24) is 4.98 Å². The zero-order valence-corrected chi connectivity index (χ0v) is 11.9. The van der Waals surface area contributed by atoms with Crippen molar-refractivity contribution in [2.45, 2.75) is 4.90 Å². The number of nitrogens with two attached hydrogens (primary N) is 1. The van der Waals surface area contributed by atoms with Gasteiger partial charge in [0.15, 0.2) is 0 Å². The van der Waals surface area contributed by atoms with Crippen molar-refractivity contribution >= 4 is 32.9 Å². The maximum Gasteiger partial charge on any atom is 0.266 e. The molecule has 6 nitrogen and oxygen atoms in total. The molecule has 0 aliphatic carbocycles. The Morgan fingerprint density at radius 2 is 1.80 bits per heavy atom. The number of nitrogen functional groups attached to an aromatic ring is 1. The number of sulfonamides is 1. The molecule has 0 saturated carbocycles. The van der Waals surface area contributed by atoms with Crippen molar-refractivity contribution in [1.29, 1.82) is 0 Å². The summed E-state index contributed by atoms with van der Waals surface area (Å²) in [4.78, 5) is 6.07. The molecule has 0 atom stereocenters. The molecular formula is C13H14N4O2S.